The van der Waals surface area contributed by atoms with Crippen LogP contribution in [0.3, 0.4) is 0 Å². The minimum Gasteiger partial charge on any atom is -0.303 e. The van der Waals surface area contributed by atoms with Gasteiger partial charge in [-0.2, -0.15) is 0 Å². The maximum absolute atomic E-state index is 3.55. The number of rotatable bonds is 5. The van der Waals surface area contributed by atoms with Gasteiger partial charge in [0.2, 0.25) is 0 Å². The molecule has 0 N–H and O–H groups in total. The maximum Gasteiger partial charge on any atom is 0.00934 e. The molecule has 11 heavy (non-hydrogen) atoms. The summed E-state index contributed by atoms with van der Waals surface area (Å²) in [7, 11) is 2.25. The van der Waals surface area contributed by atoms with Crippen LogP contribution in [0.5, 0.6) is 0 Å². The monoisotopic (exact) mass is 219 g/mol. The first-order valence-electron chi connectivity index (χ1n) is 4.54. The highest BCUT2D eigenvalue weighted by molar-refractivity contribution is 9.09. The number of hydrogen-bond acceptors (Lipinski definition) is 1. The standard InChI is InChI=1S/C9H18BrN/c1-3-8(6-10)7-11(2)9-4-5-9/h8-9H,3-7H2,1-2H3. The second kappa shape index (κ2) is 4.46. The van der Waals surface area contributed by atoms with Crippen molar-refractivity contribution < 1.29 is 0 Å². The van der Waals surface area contributed by atoms with E-state index in [-0.39, 0.29) is 0 Å². The van der Waals surface area contributed by atoms with Gasteiger partial charge in [0, 0.05) is 17.9 Å². The number of alkyl halides is 1. The SMILES string of the molecule is CCC(CBr)CN(C)C1CC1. The molecule has 1 unspecified atom stereocenters. The van der Waals surface area contributed by atoms with Gasteiger partial charge in [0.1, 0.15) is 0 Å². The third-order valence-electron chi connectivity index (χ3n) is 2.51. The van der Waals surface area contributed by atoms with E-state index < -0.39 is 0 Å². The highest BCUT2D eigenvalue weighted by atomic mass is 79.9. The zero-order chi connectivity index (χ0) is 8.27. The highest BCUT2D eigenvalue weighted by Crippen LogP contribution is 2.26. The second-order valence-corrected chi connectivity index (χ2v) is 4.25. The fourth-order valence-corrected chi connectivity index (χ4v) is 2.02. The van der Waals surface area contributed by atoms with Gasteiger partial charge in [-0.05, 0) is 25.8 Å². The predicted molar refractivity (Wildman–Crippen MR) is 53.2 cm³/mol. The topological polar surface area (TPSA) is 3.24 Å². The Labute approximate surface area is 78.3 Å². The van der Waals surface area contributed by atoms with Crippen LogP contribution in [0.25, 0.3) is 0 Å². The third kappa shape index (κ3) is 3.12. The molecule has 1 saturated carbocycles. The van der Waals surface area contributed by atoms with E-state index in [0.29, 0.717) is 0 Å². The van der Waals surface area contributed by atoms with Gasteiger partial charge in [-0.15, -0.1) is 0 Å². The zero-order valence-electron chi connectivity index (χ0n) is 7.52. The Balaban J connectivity index is 2.15. The predicted octanol–water partition coefficient (Wildman–Crippen LogP) is 2.50. The van der Waals surface area contributed by atoms with Crippen molar-refractivity contribution >= 4 is 15.9 Å². The molecule has 0 aromatic carbocycles. The summed E-state index contributed by atoms with van der Waals surface area (Å²) in [4.78, 5) is 2.51. The Morgan fingerprint density at radius 3 is 2.55 bits per heavy atom. The van der Waals surface area contributed by atoms with Crippen molar-refractivity contribution in [2.45, 2.75) is 32.2 Å². The number of halogens is 1. The first-order valence-corrected chi connectivity index (χ1v) is 5.66. The van der Waals surface area contributed by atoms with Gasteiger partial charge in [-0.25, -0.2) is 0 Å². The Kier molecular flexibility index (Phi) is 3.86. The van der Waals surface area contributed by atoms with Crippen molar-refractivity contribution in [2.75, 3.05) is 18.9 Å². The van der Waals surface area contributed by atoms with Gasteiger partial charge in [-0.3, -0.25) is 0 Å². The summed E-state index contributed by atoms with van der Waals surface area (Å²) in [5, 5.41) is 1.15. The molecule has 2 heteroatoms. The Hall–Kier alpha value is 0.440. The van der Waals surface area contributed by atoms with Gasteiger partial charge in [0.05, 0.1) is 0 Å². The Bertz CT molecular complexity index is 108. The van der Waals surface area contributed by atoms with Crippen molar-refractivity contribution in [3.8, 4) is 0 Å². The molecule has 0 amide bonds. The summed E-state index contributed by atoms with van der Waals surface area (Å²) in [6, 6.07) is 0.920. The van der Waals surface area contributed by atoms with E-state index in [0.717, 1.165) is 17.3 Å². The summed E-state index contributed by atoms with van der Waals surface area (Å²) in [5.41, 5.74) is 0. The molecule has 1 fully saturated rings. The fourth-order valence-electron chi connectivity index (χ4n) is 1.36. The molecule has 66 valence electrons. The van der Waals surface area contributed by atoms with Crippen molar-refractivity contribution in [3.63, 3.8) is 0 Å². The zero-order valence-corrected chi connectivity index (χ0v) is 9.10. The van der Waals surface area contributed by atoms with E-state index >= 15 is 0 Å². The minimum atomic E-state index is 0.848. The van der Waals surface area contributed by atoms with Gasteiger partial charge in [-0.1, -0.05) is 29.3 Å². The molecular weight excluding hydrogens is 202 g/mol. The van der Waals surface area contributed by atoms with Crippen molar-refractivity contribution in [3.05, 3.63) is 0 Å². The lowest BCUT2D eigenvalue weighted by Gasteiger charge is -2.20. The van der Waals surface area contributed by atoms with Gasteiger partial charge in [0.25, 0.3) is 0 Å². The molecule has 1 aliphatic rings. The third-order valence-corrected chi connectivity index (χ3v) is 3.43. The van der Waals surface area contributed by atoms with Crippen LogP contribution < -0.4 is 0 Å². The Morgan fingerprint density at radius 2 is 2.18 bits per heavy atom. The Morgan fingerprint density at radius 1 is 1.55 bits per heavy atom. The first-order chi connectivity index (χ1) is 5.27. The normalized spacial score (nSPS) is 20.7. The van der Waals surface area contributed by atoms with Crippen LogP contribution in [0.15, 0.2) is 0 Å². The van der Waals surface area contributed by atoms with Crippen LogP contribution in [0.1, 0.15) is 26.2 Å². The summed E-state index contributed by atoms with van der Waals surface area (Å²) in [5.74, 6) is 0.848. The molecule has 0 aliphatic heterocycles. The van der Waals surface area contributed by atoms with Crippen molar-refractivity contribution in [1.29, 1.82) is 0 Å². The molecule has 0 aromatic heterocycles. The van der Waals surface area contributed by atoms with Crippen LogP contribution in [0.2, 0.25) is 0 Å². The maximum atomic E-state index is 3.55. The summed E-state index contributed by atoms with van der Waals surface area (Å²) >= 11 is 3.55. The lowest BCUT2D eigenvalue weighted by Crippen LogP contribution is -2.28. The molecule has 1 aliphatic carbocycles. The molecule has 0 saturated heterocycles. The van der Waals surface area contributed by atoms with Crippen LogP contribution in [-0.2, 0) is 0 Å². The molecule has 1 nitrogen and oxygen atoms in total. The van der Waals surface area contributed by atoms with Gasteiger partial charge < -0.3 is 4.90 Å². The van der Waals surface area contributed by atoms with Crippen LogP contribution >= 0.6 is 15.9 Å². The molecule has 0 aromatic rings. The quantitative estimate of drug-likeness (QED) is 0.643. The van der Waals surface area contributed by atoms with Crippen LogP contribution in [0, 0.1) is 5.92 Å². The average molecular weight is 220 g/mol. The number of nitrogens with zero attached hydrogens (tertiary/aromatic N) is 1. The largest absolute Gasteiger partial charge is 0.303 e. The summed E-state index contributed by atoms with van der Waals surface area (Å²) in [6.07, 6.45) is 4.15. The van der Waals surface area contributed by atoms with Crippen LogP contribution in [-0.4, -0.2) is 29.9 Å². The van der Waals surface area contributed by atoms with Crippen molar-refractivity contribution in [2.24, 2.45) is 5.92 Å². The molecule has 0 radical (unpaired) electrons. The summed E-state index contributed by atoms with van der Waals surface area (Å²) in [6.45, 7) is 3.54. The van der Waals surface area contributed by atoms with Gasteiger partial charge >= 0.3 is 0 Å². The number of hydrogen-bond donors (Lipinski definition) is 0. The highest BCUT2D eigenvalue weighted by Gasteiger charge is 2.26. The van der Waals surface area contributed by atoms with E-state index in [4.69, 9.17) is 0 Å². The van der Waals surface area contributed by atoms with Crippen LogP contribution in [0.4, 0.5) is 0 Å². The molecular formula is C9H18BrN. The molecule has 0 spiro atoms. The van der Waals surface area contributed by atoms with E-state index in [1.54, 1.807) is 0 Å². The van der Waals surface area contributed by atoms with Crippen molar-refractivity contribution in [1.82, 2.24) is 4.90 Å². The molecule has 0 heterocycles. The first kappa shape index (κ1) is 9.53. The second-order valence-electron chi connectivity index (χ2n) is 3.60. The molecule has 0 bridgehead atoms. The fraction of sp³-hybridized carbons (Fsp3) is 1.00. The van der Waals surface area contributed by atoms with E-state index in [9.17, 15) is 0 Å². The smallest absolute Gasteiger partial charge is 0.00934 e. The van der Waals surface area contributed by atoms with E-state index in [1.165, 1.54) is 25.8 Å². The molecule has 1 rings (SSSR count). The lowest BCUT2D eigenvalue weighted by atomic mass is 10.1. The van der Waals surface area contributed by atoms with E-state index in [1.807, 2.05) is 0 Å². The average Bonchev–Trinajstić information content (AvgIpc) is 2.81. The van der Waals surface area contributed by atoms with Gasteiger partial charge in [0.15, 0.2) is 0 Å². The molecule has 1 atom stereocenters. The summed E-state index contributed by atoms with van der Waals surface area (Å²) < 4.78 is 0. The lowest BCUT2D eigenvalue weighted by molar-refractivity contribution is 0.276. The van der Waals surface area contributed by atoms with E-state index in [2.05, 4.69) is 34.8 Å². The minimum absolute atomic E-state index is 0.848.